The van der Waals surface area contributed by atoms with E-state index >= 15 is 0 Å². The second-order valence-corrected chi connectivity index (χ2v) is 8.85. The number of benzene rings is 2. The largest absolute Gasteiger partial charge is 0.337 e. The number of carbonyl (C=O) groups excluding carboxylic acids is 1. The Morgan fingerprint density at radius 1 is 1.10 bits per heavy atom. The molecule has 3 rings (SSSR count). The molecule has 0 radical (unpaired) electrons. The summed E-state index contributed by atoms with van der Waals surface area (Å²) in [4.78, 5) is 17.1. The quantitative estimate of drug-likeness (QED) is 0.808. The SMILES string of the molecule is CNS(=O)(=O)c1cccc(C(=O)N2CCCN(Cc3ccc(C#N)cc3)CC2)c1. The van der Waals surface area contributed by atoms with Crippen LogP contribution in [-0.2, 0) is 16.6 Å². The number of carbonyl (C=O) groups is 1. The molecule has 1 N–H and O–H groups in total. The standard InChI is InChI=1S/C21H24N4O3S/c1-23-29(27,28)20-5-2-4-19(14-20)21(26)25-11-3-10-24(12-13-25)16-18-8-6-17(15-22)7-9-18/h2,4-9,14,23H,3,10-13,16H2,1H3. The number of nitrogens with one attached hydrogen (secondary N) is 1. The Labute approximate surface area is 171 Å². The van der Waals surface area contributed by atoms with E-state index in [9.17, 15) is 13.2 Å². The number of nitrogens with zero attached hydrogens (tertiary/aromatic N) is 3. The Bertz CT molecular complexity index is 1010. The third-order valence-corrected chi connectivity index (χ3v) is 6.44. The van der Waals surface area contributed by atoms with Crippen molar-refractivity contribution in [2.75, 3.05) is 33.2 Å². The van der Waals surface area contributed by atoms with Crippen LogP contribution in [0.15, 0.2) is 53.4 Å². The van der Waals surface area contributed by atoms with Crippen LogP contribution in [0.3, 0.4) is 0 Å². The molecule has 2 aromatic rings. The molecular formula is C21H24N4O3S. The molecule has 2 aromatic carbocycles. The first-order valence-corrected chi connectivity index (χ1v) is 11.0. The lowest BCUT2D eigenvalue weighted by molar-refractivity contribution is 0.0761. The van der Waals surface area contributed by atoms with Gasteiger partial charge in [0.25, 0.3) is 5.91 Å². The van der Waals surface area contributed by atoms with E-state index in [1.165, 1.54) is 19.2 Å². The number of amides is 1. The van der Waals surface area contributed by atoms with Crippen molar-refractivity contribution in [3.63, 3.8) is 0 Å². The van der Waals surface area contributed by atoms with E-state index < -0.39 is 10.0 Å². The maximum Gasteiger partial charge on any atom is 0.253 e. The minimum Gasteiger partial charge on any atom is -0.337 e. The van der Waals surface area contributed by atoms with E-state index in [0.717, 1.165) is 31.6 Å². The fourth-order valence-corrected chi connectivity index (χ4v) is 4.15. The topological polar surface area (TPSA) is 93.5 Å². The highest BCUT2D eigenvalue weighted by molar-refractivity contribution is 7.89. The van der Waals surface area contributed by atoms with Crippen LogP contribution in [0, 0.1) is 11.3 Å². The molecule has 1 fully saturated rings. The Morgan fingerprint density at radius 3 is 2.55 bits per heavy atom. The van der Waals surface area contributed by atoms with Crippen LogP contribution in [-0.4, -0.2) is 57.4 Å². The fourth-order valence-electron chi connectivity index (χ4n) is 3.37. The minimum atomic E-state index is -3.59. The number of nitriles is 1. The smallest absolute Gasteiger partial charge is 0.253 e. The molecule has 29 heavy (non-hydrogen) atoms. The van der Waals surface area contributed by atoms with E-state index in [2.05, 4.69) is 15.7 Å². The molecule has 0 spiro atoms. The van der Waals surface area contributed by atoms with Gasteiger partial charge in [-0.2, -0.15) is 5.26 Å². The highest BCUT2D eigenvalue weighted by Gasteiger charge is 2.22. The van der Waals surface area contributed by atoms with Gasteiger partial charge in [0, 0.05) is 38.3 Å². The summed E-state index contributed by atoms with van der Waals surface area (Å²) in [5.41, 5.74) is 2.15. The summed E-state index contributed by atoms with van der Waals surface area (Å²) in [6.07, 6.45) is 0.844. The van der Waals surface area contributed by atoms with Gasteiger partial charge in [-0.3, -0.25) is 9.69 Å². The lowest BCUT2D eigenvalue weighted by atomic mass is 10.1. The van der Waals surface area contributed by atoms with Crippen molar-refractivity contribution in [2.45, 2.75) is 17.9 Å². The minimum absolute atomic E-state index is 0.0862. The zero-order valence-electron chi connectivity index (χ0n) is 16.3. The first-order chi connectivity index (χ1) is 13.9. The highest BCUT2D eigenvalue weighted by Crippen LogP contribution is 2.16. The first kappa shape index (κ1) is 21.0. The van der Waals surface area contributed by atoms with Gasteiger partial charge in [0.05, 0.1) is 16.5 Å². The van der Waals surface area contributed by atoms with Crippen molar-refractivity contribution < 1.29 is 13.2 Å². The lowest BCUT2D eigenvalue weighted by Gasteiger charge is -2.22. The van der Waals surface area contributed by atoms with Gasteiger partial charge in [0.15, 0.2) is 0 Å². The van der Waals surface area contributed by atoms with Gasteiger partial charge < -0.3 is 4.90 Å². The Balaban J connectivity index is 1.65. The van der Waals surface area contributed by atoms with Crippen molar-refractivity contribution in [1.82, 2.24) is 14.5 Å². The summed E-state index contributed by atoms with van der Waals surface area (Å²) >= 11 is 0. The van der Waals surface area contributed by atoms with E-state index in [1.807, 2.05) is 24.3 Å². The van der Waals surface area contributed by atoms with Gasteiger partial charge in [-0.25, -0.2) is 13.1 Å². The predicted octanol–water partition coefficient (Wildman–Crippen LogP) is 1.81. The second-order valence-electron chi connectivity index (χ2n) is 6.97. The van der Waals surface area contributed by atoms with E-state index in [4.69, 9.17) is 5.26 Å². The number of sulfonamides is 1. The summed E-state index contributed by atoms with van der Waals surface area (Å²) in [7, 11) is -2.24. The predicted molar refractivity (Wildman–Crippen MR) is 110 cm³/mol. The molecule has 0 aromatic heterocycles. The molecule has 1 aliphatic rings. The highest BCUT2D eigenvalue weighted by atomic mass is 32.2. The molecule has 0 saturated carbocycles. The van der Waals surface area contributed by atoms with Gasteiger partial charge in [-0.15, -0.1) is 0 Å². The van der Waals surface area contributed by atoms with Gasteiger partial charge >= 0.3 is 0 Å². The third kappa shape index (κ3) is 5.21. The fraction of sp³-hybridized carbons (Fsp3) is 0.333. The third-order valence-electron chi connectivity index (χ3n) is 5.02. The zero-order valence-corrected chi connectivity index (χ0v) is 17.2. The Hall–Kier alpha value is -2.73. The van der Waals surface area contributed by atoms with Crippen LogP contribution >= 0.6 is 0 Å². The molecule has 0 aliphatic carbocycles. The second kappa shape index (κ2) is 9.18. The molecular weight excluding hydrogens is 388 g/mol. The van der Waals surface area contributed by atoms with Crippen molar-refractivity contribution in [3.8, 4) is 6.07 Å². The van der Waals surface area contributed by atoms with Gasteiger partial charge in [0.2, 0.25) is 10.0 Å². The monoisotopic (exact) mass is 412 g/mol. The Kier molecular flexibility index (Phi) is 6.64. The van der Waals surface area contributed by atoms with Crippen LogP contribution in [0.1, 0.15) is 27.9 Å². The van der Waals surface area contributed by atoms with Crippen LogP contribution in [0.4, 0.5) is 0 Å². The molecule has 1 amide bonds. The Morgan fingerprint density at radius 2 is 1.86 bits per heavy atom. The average Bonchev–Trinajstić information content (AvgIpc) is 2.99. The van der Waals surface area contributed by atoms with E-state index in [0.29, 0.717) is 24.2 Å². The molecule has 7 nitrogen and oxygen atoms in total. The first-order valence-electron chi connectivity index (χ1n) is 9.47. The van der Waals surface area contributed by atoms with Crippen molar-refractivity contribution in [2.24, 2.45) is 0 Å². The van der Waals surface area contributed by atoms with Crippen LogP contribution in [0.5, 0.6) is 0 Å². The van der Waals surface area contributed by atoms with Crippen LogP contribution < -0.4 is 4.72 Å². The molecule has 0 atom stereocenters. The lowest BCUT2D eigenvalue weighted by Crippen LogP contribution is -2.35. The zero-order chi connectivity index (χ0) is 20.9. The maximum absolute atomic E-state index is 12.9. The summed E-state index contributed by atoms with van der Waals surface area (Å²) in [6, 6.07) is 15.8. The molecule has 0 unspecified atom stereocenters. The molecule has 8 heteroatoms. The van der Waals surface area contributed by atoms with Gasteiger partial charge in [-0.05, 0) is 49.4 Å². The maximum atomic E-state index is 12.9. The normalized spacial score (nSPS) is 15.5. The summed E-state index contributed by atoms with van der Waals surface area (Å²) in [5, 5.41) is 8.90. The molecule has 0 bridgehead atoms. The van der Waals surface area contributed by atoms with Gasteiger partial charge in [-0.1, -0.05) is 18.2 Å². The summed E-state index contributed by atoms with van der Waals surface area (Å²) in [6.45, 7) is 3.59. The van der Waals surface area contributed by atoms with Crippen molar-refractivity contribution in [1.29, 1.82) is 5.26 Å². The molecule has 1 heterocycles. The molecule has 1 saturated heterocycles. The van der Waals surface area contributed by atoms with Crippen LogP contribution in [0.25, 0.3) is 0 Å². The number of rotatable bonds is 5. The van der Waals surface area contributed by atoms with Crippen molar-refractivity contribution in [3.05, 3.63) is 65.2 Å². The number of hydrogen-bond donors (Lipinski definition) is 1. The van der Waals surface area contributed by atoms with Crippen molar-refractivity contribution >= 4 is 15.9 Å². The molecule has 1 aliphatic heterocycles. The average molecular weight is 413 g/mol. The summed E-state index contributed by atoms with van der Waals surface area (Å²) < 4.78 is 26.3. The van der Waals surface area contributed by atoms with Gasteiger partial charge in [0.1, 0.15) is 0 Å². The van der Waals surface area contributed by atoms with Crippen LogP contribution in [0.2, 0.25) is 0 Å². The number of hydrogen-bond acceptors (Lipinski definition) is 5. The molecule has 152 valence electrons. The summed E-state index contributed by atoms with van der Waals surface area (Å²) in [5.74, 6) is -0.154. The van der Waals surface area contributed by atoms with E-state index in [-0.39, 0.29) is 10.8 Å². The van der Waals surface area contributed by atoms with E-state index in [1.54, 1.807) is 17.0 Å².